The quantitative estimate of drug-likeness (QED) is 0.660. The fourth-order valence-electron chi connectivity index (χ4n) is 2.40. The zero-order chi connectivity index (χ0) is 19.1. The van der Waals surface area contributed by atoms with Gasteiger partial charge in [-0.25, -0.2) is 4.98 Å². The molecule has 1 amide bonds. The van der Waals surface area contributed by atoms with E-state index in [-0.39, 0.29) is 5.91 Å². The maximum absolute atomic E-state index is 12.3. The van der Waals surface area contributed by atoms with Crippen LogP contribution in [0.3, 0.4) is 0 Å². The summed E-state index contributed by atoms with van der Waals surface area (Å²) in [5, 5.41) is 3.47. The second-order valence-electron chi connectivity index (χ2n) is 5.75. The lowest BCUT2D eigenvalue weighted by Gasteiger charge is -2.20. The molecule has 140 valence electrons. The van der Waals surface area contributed by atoms with Crippen molar-refractivity contribution >= 4 is 39.3 Å². The van der Waals surface area contributed by atoms with E-state index in [4.69, 9.17) is 16.3 Å². The highest BCUT2D eigenvalue weighted by molar-refractivity contribution is 9.10. The van der Waals surface area contributed by atoms with Crippen LogP contribution in [0.15, 0.2) is 41.0 Å². The van der Waals surface area contributed by atoms with Gasteiger partial charge in [-0.15, -0.1) is 0 Å². The Morgan fingerprint density at radius 3 is 2.62 bits per heavy atom. The Balaban J connectivity index is 1.89. The average molecular weight is 441 g/mol. The summed E-state index contributed by atoms with van der Waals surface area (Å²) in [6.45, 7) is 8.13. The topological polar surface area (TPSA) is 54.5 Å². The Morgan fingerprint density at radius 1 is 1.31 bits per heavy atom. The van der Waals surface area contributed by atoms with Crippen molar-refractivity contribution in [2.75, 3.05) is 18.0 Å². The van der Waals surface area contributed by atoms with Gasteiger partial charge in [-0.3, -0.25) is 4.79 Å². The molecule has 1 N–H and O–H groups in total. The maximum atomic E-state index is 12.3. The third kappa shape index (κ3) is 5.61. The summed E-state index contributed by atoms with van der Waals surface area (Å²) in [6, 6.07) is 9.12. The number of halogens is 2. The lowest BCUT2D eigenvalue weighted by atomic mass is 10.2. The van der Waals surface area contributed by atoms with E-state index in [0.29, 0.717) is 21.8 Å². The number of nitrogens with zero attached hydrogens (tertiary/aromatic N) is 2. The van der Waals surface area contributed by atoms with Gasteiger partial charge in [0, 0.05) is 30.9 Å². The first-order valence-corrected chi connectivity index (χ1v) is 9.71. The number of carbonyl (C=O) groups excluding carboxylic acids is 1. The molecule has 2 aromatic rings. The lowest BCUT2D eigenvalue weighted by molar-refractivity contribution is -0.127. The molecule has 0 spiro atoms. The van der Waals surface area contributed by atoms with E-state index >= 15 is 0 Å². The molecule has 0 fully saturated rings. The van der Waals surface area contributed by atoms with E-state index in [0.717, 1.165) is 24.5 Å². The minimum absolute atomic E-state index is 0.195. The highest BCUT2D eigenvalue weighted by atomic mass is 79.9. The van der Waals surface area contributed by atoms with Crippen molar-refractivity contribution in [1.82, 2.24) is 10.3 Å². The first-order valence-electron chi connectivity index (χ1n) is 8.53. The van der Waals surface area contributed by atoms with Gasteiger partial charge in [-0.2, -0.15) is 0 Å². The minimum atomic E-state index is -0.629. The van der Waals surface area contributed by atoms with Crippen LogP contribution in [0.4, 0.5) is 5.82 Å². The second-order valence-corrected chi connectivity index (χ2v) is 7.04. The maximum Gasteiger partial charge on any atom is 0.261 e. The van der Waals surface area contributed by atoms with Crippen molar-refractivity contribution < 1.29 is 9.53 Å². The van der Waals surface area contributed by atoms with E-state index < -0.39 is 6.10 Å². The summed E-state index contributed by atoms with van der Waals surface area (Å²) < 4.78 is 6.40. The van der Waals surface area contributed by atoms with Gasteiger partial charge in [0.05, 0.1) is 4.47 Å². The minimum Gasteiger partial charge on any atom is -0.480 e. The number of hydrogen-bond donors (Lipinski definition) is 1. The number of rotatable bonds is 8. The molecule has 0 aliphatic heterocycles. The predicted molar refractivity (Wildman–Crippen MR) is 109 cm³/mol. The van der Waals surface area contributed by atoms with Crippen molar-refractivity contribution in [1.29, 1.82) is 0 Å². The van der Waals surface area contributed by atoms with Gasteiger partial charge in [-0.05, 0) is 66.5 Å². The molecular formula is C19H23BrClN3O2. The molecule has 1 unspecified atom stereocenters. The van der Waals surface area contributed by atoms with Crippen molar-refractivity contribution in [2.24, 2.45) is 0 Å². The lowest BCUT2D eigenvalue weighted by Crippen LogP contribution is -2.36. The van der Waals surface area contributed by atoms with Gasteiger partial charge < -0.3 is 15.0 Å². The molecule has 1 aromatic heterocycles. The highest BCUT2D eigenvalue weighted by Gasteiger charge is 2.16. The Bertz CT molecular complexity index is 736. The number of pyridine rings is 1. The standard InChI is InChI=1S/C19H23BrClN3O2/c1-4-24(5-2)18-9-6-14(11-22-18)12-23-19(25)13(3)26-17-8-7-15(21)10-16(17)20/h6-11,13H,4-5,12H2,1-3H3,(H,23,25). The number of amides is 1. The predicted octanol–water partition coefficient (Wildman–Crippen LogP) is 4.43. The van der Waals surface area contributed by atoms with Crippen LogP contribution in [-0.4, -0.2) is 30.1 Å². The summed E-state index contributed by atoms with van der Waals surface area (Å²) in [4.78, 5) is 18.9. The molecule has 0 aliphatic rings. The van der Waals surface area contributed by atoms with Crippen LogP contribution >= 0.6 is 27.5 Å². The Hall–Kier alpha value is -1.79. The third-order valence-electron chi connectivity index (χ3n) is 3.93. The van der Waals surface area contributed by atoms with Gasteiger partial charge in [0.2, 0.25) is 0 Å². The highest BCUT2D eigenvalue weighted by Crippen LogP contribution is 2.28. The number of hydrogen-bond acceptors (Lipinski definition) is 4. The zero-order valence-corrected chi connectivity index (χ0v) is 17.5. The third-order valence-corrected chi connectivity index (χ3v) is 4.79. The van der Waals surface area contributed by atoms with E-state index in [9.17, 15) is 4.79 Å². The van der Waals surface area contributed by atoms with Crippen LogP contribution in [0.1, 0.15) is 26.3 Å². The van der Waals surface area contributed by atoms with Crippen LogP contribution in [0.25, 0.3) is 0 Å². The van der Waals surface area contributed by atoms with Gasteiger partial charge in [0.25, 0.3) is 5.91 Å². The van der Waals surface area contributed by atoms with Gasteiger partial charge in [-0.1, -0.05) is 17.7 Å². The van der Waals surface area contributed by atoms with Crippen LogP contribution < -0.4 is 15.0 Å². The fraction of sp³-hybridized carbons (Fsp3) is 0.368. The molecule has 5 nitrogen and oxygen atoms in total. The molecule has 1 heterocycles. The fourth-order valence-corrected chi connectivity index (χ4v) is 3.18. The molecule has 0 bridgehead atoms. The van der Waals surface area contributed by atoms with Gasteiger partial charge >= 0.3 is 0 Å². The number of anilines is 1. The number of aromatic nitrogens is 1. The van der Waals surface area contributed by atoms with E-state index in [1.165, 1.54) is 0 Å². The second kappa shape index (κ2) is 9.78. The number of benzene rings is 1. The molecule has 0 saturated carbocycles. The van der Waals surface area contributed by atoms with Gasteiger partial charge in [0.15, 0.2) is 6.10 Å². The monoisotopic (exact) mass is 439 g/mol. The SMILES string of the molecule is CCN(CC)c1ccc(CNC(=O)C(C)Oc2ccc(Cl)cc2Br)cn1. The Labute approximate surface area is 167 Å². The van der Waals surface area contributed by atoms with Crippen molar-refractivity contribution in [3.8, 4) is 5.75 Å². The molecular weight excluding hydrogens is 418 g/mol. The average Bonchev–Trinajstić information content (AvgIpc) is 2.64. The Morgan fingerprint density at radius 2 is 2.04 bits per heavy atom. The first-order chi connectivity index (χ1) is 12.4. The number of ether oxygens (including phenoxy) is 1. The van der Waals surface area contributed by atoms with Crippen LogP contribution in [0.5, 0.6) is 5.75 Å². The van der Waals surface area contributed by atoms with E-state index in [1.54, 1.807) is 31.3 Å². The van der Waals surface area contributed by atoms with Crippen molar-refractivity contribution in [2.45, 2.75) is 33.4 Å². The molecule has 1 atom stereocenters. The van der Waals surface area contributed by atoms with Gasteiger partial charge in [0.1, 0.15) is 11.6 Å². The zero-order valence-electron chi connectivity index (χ0n) is 15.1. The summed E-state index contributed by atoms with van der Waals surface area (Å²) >= 11 is 9.29. The smallest absolute Gasteiger partial charge is 0.261 e. The molecule has 2 rings (SSSR count). The van der Waals surface area contributed by atoms with Crippen molar-refractivity contribution in [3.63, 3.8) is 0 Å². The summed E-state index contributed by atoms with van der Waals surface area (Å²) in [5.74, 6) is 1.32. The van der Waals surface area contributed by atoms with Crippen LogP contribution in [0, 0.1) is 0 Å². The first kappa shape index (κ1) is 20.5. The van der Waals surface area contributed by atoms with Crippen LogP contribution in [-0.2, 0) is 11.3 Å². The summed E-state index contributed by atoms with van der Waals surface area (Å²) in [5.41, 5.74) is 0.939. The van der Waals surface area contributed by atoms with Crippen molar-refractivity contribution in [3.05, 3.63) is 51.6 Å². The van der Waals surface area contributed by atoms with E-state index in [2.05, 4.69) is 45.0 Å². The number of carbonyl (C=O) groups is 1. The molecule has 1 aromatic carbocycles. The molecule has 0 radical (unpaired) electrons. The van der Waals surface area contributed by atoms with E-state index in [1.807, 2.05) is 12.1 Å². The summed E-state index contributed by atoms with van der Waals surface area (Å²) in [6.07, 6.45) is 1.16. The largest absolute Gasteiger partial charge is 0.480 e. The molecule has 0 saturated heterocycles. The summed E-state index contributed by atoms with van der Waals surface area (Å²) in [7, 11) is 0. The Kier molecular flexibility index (Phi) is 7.72. The molecule has 0 aliphatic carbocycles. The molecule has 26 heavy (non-hydrogen) atoms. The molecule has 7 heteroatoms. The number of nitrogens with one attached hydrogen (secondary N) is 1. The normalized spacial score (nSPS) is 11.7. The van der Waals surface area contributed by atoms with Crippen LogP contribution in [0.2, 0.25) is 5.02 Å².